The predicted octanol–water partition coefficient (Wildman–Crippen LogP) is 1.15. The van der Waals surface area contributed by atoms with Crippen LogP contribution in [0, 0.1) is 6.92 Å². The Morgan fingerprint density at radius 1 is 1.34 bits per heavy atom. The molecule has 0 bridgehead atoms. The molecule has 4 N–H and O–H groups in total. The van der Waals surface area contributed by atoms with Gasteiger partial charge in [-0.05, 0) is 59.2 Å². The number of carbonyl (C=O) groups excluding carboxylic acids is 3. The van der Waals surface area contributed by atoms with Gasteiger partial charge in [0.1, 0.15) is 11.3 Å². The Balaban J connectivity index is 1.85. The monoisotopic (exact) mass is 448 g/mol. The van der Waals surface area contributed by atoms with Crippen molar-refractivity contribution >= 4 is 24.1 Å². The fraction of sp³-hybridized carbons (Fsp3) is 0.636. The summed E-state index contributed by atoms with van der Waals surface area (Å²) in [6.45, 7) is 9.94. The predicted molar refractivity (Wildman–Crippen MR) is 122 cm³/mol. The molecule has 0 saturated carbocycles. The van der Waals surface area contributed by atoms with Crippen molar-refractivity contribution in [3.05, 3.63) is 23.5 Å². The number of nitrogen functional groups attached to an aromatic ring is 1. The molecule has 32 heavy (non-hydrogen) atoms. The minimum atomic E-state index is -0.544. The summed E-state index contributed by atoms with van der Waals surface area (Å²) in [4.78, 5) is 43.8. The molecule has 1 saturated heterocycles. The molecule has 0 aromatic carbocycles. The van der Waals surface area contributed by atoms with Crippen LogP contribution in [0.15, 0.2) is 12.3 Å². The van der Waals surface area contributed by atoms with Gasteiger partial charge in [0, 0.05) is 32.7 Å². The topological polar surface area (TPSA) is 130 Å². The van der Waals surface area contributed by atoms with Crippen molar-refractivity contribution in [1.29, 1.82) is 0 Å². The number of carbonyl (C=O) groups is 3. The molecule has 0 unspecified atom stereocenters. The summed E-state index contributed by atoms with van der Waals surface area (Å²) < 4.78 is 5.45. The second-order valence-corrected chi connectivity index (χ2v) is 9.44. The number of likely N-dealkylation sites (N-methyl/N-ethyl adjacent to an activating group) is 1. The Morgan fingerprint density at radius 3 is 2.56 bits per heavy atom. The van der Waals surface area contributed by atoms with Gasteiger partial charge in [0.2, 0.25) is 6.41 Å². The quantitative estimate of drug-likeness (QED) is 0.509. The van der Waals surface area contributed by atoms with E-state index < -0.39 is 11.1 Å². The van der Waals surface area contributed by atoms with Gasteiger partial charge in [-0.1, -0.05) is 0 Å². The number of pyridine rings is 1. The lowest BCUT2D eigenvalue weighted by atomic mass is 9.87. The lowest BCUT2D eigenvalue weighted by Gasteiger charge is -2.43. The molecular formula is C22H36N6O4. The number of hydrogen-bond acceptors (Lipinski definition) is 7. The molecule has 2 heterocycles. The van der Waals surface area contributed by atoms with Crippen LogP contribution < -0.4 is 16.4 Å². The number of nitrogens with two attached hydrogens (primary N) is 1. The molecule has 1 aromatic rings. The summed E-state index contributed by atoms with van der Waals surface area (Å²) >= 11 is 0. The number of nitrogens with one attached hydrogen (secondary N) is 2. The normalized spacial score (nSPS) is 15.9. The van der Waals surface area contributed by atoms with E-state index in [2.05, 4.69) is 20.5 Å². The fourth-order valence-electron chi connectivity index (χ4n) is 3.79. The van der Waals surface area contributed by atoms with Crippen LogP contribution >= 0.6 is 0 Å². The maximum absolute atomic E-state index is 12.4. The Morgan fingerprint density at radius 2 is 2.00 bits per heavy atom. The van der Waals surface area contributed by atoms with Crippen LogP contribution in [0.25, 0.3) is 0 Å². The molecule has 10 heteroatoms. The van der Waals surface area contributed by atoms with Crippen molar-refractivity contribution in [3.63, 3.8) is 0 Å². The number of likely N-dealkylation sites (tertiary alicyclic amines) is 1. The molecular weight excluding hydrogens is 412 g/mol. The van der Waals surface area contributed by atoms with Crippen molar-refractivity contribution in [1.82, 2.24) is 25.4 Å². The molecule has 0 radical (unpaired) electrons. The average molecular weight is 449 g/mol. The van der Waals surface area contributed by atoms with Crippen LogP contribution in [0.2, 0.25) is 0 Å². The van der Waals surface area contributed by atoms with Crippen molar-refractivity contribution in [2.45, 2.75) is 51.7 Å². The van der Waals surface area contributed by atoms with Crippen LogP contribution in [-0.4, -0.2) is 84.1 Å². The minimum absolute atomic E-state index is 0.248. The summed E-state index contributed by atoms with van der Waals surface area (Å²) in [6.07, 6.45) is 3.09. The number of piperidine rings is 1. The molecule has 1 fully saturated rings. The van der Waals surface area contributed by atoms with Crippen LogP contribution in [0.3, 0.4) is 0 Å². The van der Waals surface area contributed by atoms with Gasteiger partial charge in [-0.3, -0.25) is 9.59 Å². The minimum Gasteiger partial charge on any atom is -0.444 e. The van der Waals surface area contributed by atoms with E-state index in [1.54, 1.807) is 17.9 Å². The highest BCUT2D eigenvalue weighted by Gasteiger charge is 2.37. The van der Waals surface area contributed by atoms with Gasteiger partial charge in [0.25, 0.3) is 5.91 Å². The number of hydrogen-bond donors (Lipinski definition) is 3. The number of ether oxygens (including phenoxy) is 1. The zero-order valence-corrected chi connectivity index (χ0v) is 19.7. The number of aromatic nitrogens is 1. The largest absolute Gasteiger partial charge is 0.444 e. The number of rotatable bonds is 8. The van der Waals surface area contributed by atoms with E-state index in [1.165, 1.54) is 6.20 Å². The third-order valence-corrected chi connectivity index (χ3v) is 5.40. The second-order valence-electron chi connectivity index (χ2n) is 9.44. The van der Waals surface area contributed by atoms with Crippen molar-refractivity contribution < 1.29 is 19.1 Å². The van der Waals surface area contributed by atoms with E-state index in [0.29, 0.717) is 63.4 Å². The number of nitrogens with zero attached hydrogens (tertiary/aromatic N) is 3. The van der Waals surface area contributed by atoms with Crippen molar-refractivity contribution in [2.75, 3.05) is 45.5 Å². The SMILES string of the molecule is Cc1cc(N)cnc1C(=O)NCCN(C)CC1(NC=O)CCN(C(=O)OC(C)(C)C)CC1. The van der Waals surface area contributed by atoms with E-state index in [1.807, 2.05) is 27.8 Å². The summed E-state index contributed by atoms with van der Waals surface area (Å²) in [5, 5.41) is 5.84. The van der Waals surface area contributed by atoms with Gasteiger partial charge in [-0.2, -0.15) is 0 Å². The summed E-state index contributed by atoms with van der Waals surface area (Å²) in [7, 11) is 1.94. The summed E-state index contributed by atoms with van der Waals surface area (Å²) in [6, 6.07) is 1.71. The fourth-order valence-corrected chi connectivity index (χ4v) is 3.79. The first-order valence-corrected chi connectivity index (χ1v) is 10.8. The first-order valence-electron chi connectivity index (χ1n) is 10.8. The lowest BCUT2D eigenvalue weighted by molar-refractivity contribution is -0.112. The molecule has 1 aliphatic heterocycles. The maximum Gasteiger partial charge on any atom is 0.410 e. The first kappa shape index (κ1) is 25.4. The third-order valence-electron chi connectivity index (χ3n) is 5.40. The number of anilines is 1. The molecule has 10 nitrogen and oxygen atoms in total. The van der Waals surface area contributed by atoms with Gasteiger partial charge in [0.15, 0.2) is 0 Å². The smallest absolute Gasteiger partial charge is 0.410 e. The van der Waals surface area contributed by atoms with E-state index in [-0.39, 0.29) is 12.0 Å². The second kappa shape index (κ2) is 10.6. The van der Waals surface area contributed by atoms with Gasteiger partial charge >= 0.3 is 6.09 Å². The average Bonchev–Trinajstić information content (AvgIpc) is 2.67. The van der Waals surface area contributed by atoms with Crippen LogP contribution in [0.4, 0.5) is 10.5 Å². The van der Waals surface area contributed by atoms with Crippen molar-refractivity contribution in [2.24, 2.45) is 0 Å². The van der Waals surface area contributed by atoms with Crippen LogP contribution in [0.5, 0.6) is 0 Å². The molecule has 178 valence electrons. The standard InChI is InChI=1S/C22H36N6O4/c1-16-12-17(23)13-25-18(16)19(30)24-8-11-27(5)14-22(26-15-29)6-9-28(10-7-22)20(31)32-21(2,3)4/h12-13,15H,6-11,14,23H2,1-5H3,(H,24,30)(H,26,29). The van der Waals surface area contributed by atoms with E-state index in [0.717, 1.165) is 5.56 Å². The van der Waals surface area contributed by atoms with Crippen LogP contribution in [-0.2, 0) is 9.53 Å². The Labute approximate surface area is 189 Å². The van der Waals surface area contributed by atoms with Crippen LogP contribution in [0.1, 0.15) is 49.7 Å². The molecule has 2 rings (SSSR count). The van der Waals surface area contributed by atoms with E-state index >= 15 is 0 Å². The molecule has 1 aromatic heterocycles. The molecule has 0 aliphatic carbocycles. The highest BCUT2D eigenvalue weighted by molar-refractivity contribution is 5.93. The number of aryl methyl sites for hydroxylation is 1. The third kappa shape index (κ3) is 7.37. The highest BCUT2D eigenvalue weighted by atomic mass is 16.6. The van der Waals surface area contributed by atoms with Gasteiger partial charge < -0.3 is 30.9 Å². The Hall–Kier alpha value is -2.88. The Bertz CT molecular complexity index is 815. The lowest BCUT2D eigenvalue weighted by Crippen LogP contribution is -2.59. The van der Waals surface area contributed by atoms with Gasteiger partial charge in [-0.15, -0.1) is 0 Å². The highest BCUT2D eigenvalue weighted by Crippen LogP contribution is 2.24. The summed E-state index contributed by atoms with van der Waals surface area (Å²) in [5.41, 5.74) is 6.30. The molecule has 0 spiro atoms. The van der Waals surface area contributed by atoms with Gasteiger partial charge in [-0.25, -0.2) is 9.78 Å². The maximum atomic E-state index is 12.4. The van der Waals surface area contributed by atoms with Gasteiger partial charge in [0.05, 0.1) is 17.4 Å². The number of amides is 3. The molecule has 1 aliphatic rings. The first-order chi connectivity index (χ1) is 14.9. The van der Waals surface area contributed by atoms with E-state index in [4.69, 9.17) is 10.5 Å². The summed E-state index contributed by atoms with van der Waals surface area (Å²) in [5.74, 6) is -0.248. The van der Waals surface area contributed by atoms with Crippen molar-refractivity contribution in [3.8, 4) is 0 Å². The zero-order valence-electron chi connectivity index (χ0n) is 19.7. The Kier molecular flexibility index (Phi) is 8.43. The zero-order chi connectivity index (χ0) is 23.9. The molecule has 3 amide bonds. The molecule has 0 atom stereocenters. The van der Waals surface area contributed by atoms with E-state index in [9.17, 15) is 14.4 Å².